The van der Waals surface area contributed by atoms with E-state index in [0.717, 1.165) is 0 Å². The molecular weight excluding hydrogens is 384 g/mol. The largest absolute Gasteiger partial charge is 0.495 e. The van der Waals surface area contributed by atoms with Gasteiger partial charge in [-0.25, -0.2) is 0 Å². The van der Waals surface area contributed by atoms with Crippen molar-refractivity contribution in [2.24, 2.45) is 5.73 Å². The maximum Gasteiger partial charge on any atom is 0.255 e. The SMILES string of the molecule is COc1ccccc1NC(=O)c1ccc(NC(=O)CCN(CC(N)=O)C(C)C)cc1. The van der Waals surface area contributed by atoms with Gasteiger partial charge in [-0.05, 0) is 50.2 Å². The number of hydrogen-bond acceptors (Lipinski definition) is 5. The summed E-state index contributed by atoms with van der Waals surface area (Å²) in [4.78, 5) is 37.6. The van der Waals surface area contributed by atoms with Gasteiger partial charge < -0.3 is 21.1 Å². The van der Waals surface area contributed by atoms with Gasteiger partial charge in [0.15, 0.2) is 0 Å². The number of nitrogens with two attached hydrogens (primary N) is 1. The van der Waals surface area contributed by atoms with Crippen molar-refractivity contribution in [3.05, 3.63) is 54.1 Å². The first-order chi connectivity index (χ1) is 14.3. The third-order valence-corrected chi connectivity index (χ3v) is 4.50. The second kappa shape index (κ2) is 11.0. The Balaban J connectivity index is 1.91. The van der Waals surface area contributed by atoms with Gasteiger partial charge in [-0.2, -0.15) is 0 Å². The predicted octanol–water partition coefficient (Wildman–Crippen LogP) is 2.47. The van der Waals surface area contributed by atoms with E-state index < -0.39 is 5.91 Å². The second-order valence-electron chi connectivity index (χ2n) is 7.06. The molecule has 0 radical (unpaired) electrons. The van der Waals surface area contributed by atoms with E-state index in [4.69, 9.17) is 10.5 Å². The zero-order valence-electron chi connectivity index (χ0n) is 17.5. The van der Waals surface area contributed by atoms with E-state index in [1.54, 1.807) is 42.5 Å². The number of primary amides is 1. The second-order valence-corrected chi connectivity index (χ2v) is 7.06. The first kappa shape index (κ1) is 22.9. The van der Waals surface area contributed by atoms with Gasteiger partial charge in [0.2, 0.25) is 11.8 Å². The van der Waals surface area contributed by atoms with Crippen LogP contribution in [0.2, 0.25) is 0 Å². The molecule has 30 heavy (non-hydrogen) atoms. The van der Waals surface area contributed by atoms with Crippen molar-refractivity contribution in [2.45, 2.75) is 26.3 Å². The number of carbonyl (C=O) groups is 3. The molecule has 160 valence electrons. The van der Waals surface area contributed by atoms with Crippen LogP contribution in [-0.2, 0) is 9.59 Å². The third-order valence-electron chi connectivity index (χ3n) is 4.50. The Morgan fingerprint density at radius 3 is 2.30 bits per heavy atom. The lowest BCUT2D eigenvalue weighted by molar-refractivity contribution is -0.121. The summed E-state index contributed by atoms with van der Waals surface area (Å²) in [6, 6.07) is 13.8. The van der Waals surface area contributed by atoms with E-state index >= 15 is 0 Å². The highest BCUT2D eigenvalue weighted by atomic mass is 16.5. The highest BCUT2D eigenvalue weighted by Crippen LogP contribution is 2.23. The molecule has 0 heterocycles. The molecule has 0 saturated carbocycles. The molecule has 2 aromatic carbocycles. The number of ether oxygens (including phenoxy) is 1. The minimum absolute atomic E-state index is 0.103. The molecule has 0 aliphatic carbocycles. The van der Waals surface area contributed by atoms with Crippen molar-refractivity contribution < 1.29 is 19.1 Å². The zero-order valence-corrected chi connectivity index (χ0v) is 17.5. The van der Waals surface area contributed by atoms with E-state index in [-0.39, 0.29) is 30.8 Å². The average molecular weight is 412 g/mol. The first-order valence-electron chi connectivity index (χ1n) is 9.66. The Hall–Kier alpha value is -3.39. The van der Waals surface area contributed by atoms with Gasteiger partial charge in [0.05, 0.1) is 19.3 Å². The van der Waals surface area contributed by atoms with Crippen molar-refractivity contribution in [1.29, 1.82) is 0 Å². The standard InChI is InChI=1S/C22H28N4O4/c1-15(2)26(14-20(23)27)13-12-21(28)24-17-10-8-16(9-11-17)22(29)25-18-6-4-5-7-19(18)30-3/h4-11,15H,12-14H2,1-3H3,(H2,23,27)(H,24,28)(H,25,29). The van der Waals surface area contributed by atoms with E-state index in [1.165, 1.54) is 7.11 Å². The molecule has 0 atom stereocenters. The summed E-state index contributed by atoms with van der Waals surface area (Å²) < 4.78 is 5.23. The maximum absolute atomic E-state index is 12.4. The molecule has 4 N–H and O–H groups in total. The van der Waals surface area contributed by atoms with Crippen molar-refractivity contribution >= 4 is 29.1 Å². The molecule has 0 saturated heterocycles. The fourth-order valence-corrected chi connectivity index (χ4v) is 2.84. The van der Waals surface area contributed by atoms with Crippen LogP contribution in [0.4, 0.5) is 11.4 Å². The van der Waals surface area contributed by atoms with Gasteiger partial charge >= 0.3 is 0 Å². The van der Waals surface area contributed by atoms with Crippen molar-refractivity contribution in [3.8, 4) is 5.75 Å². The molecule has 0 spiro atoms. The minimum atomic E-state index is -0.425. The fourth-order valence-electron chi connectivity index (χ4n) is 2.84. The molecule has 3 amide bonds. The molecule has 2 aromatic rings. The molecule has 0 bridgehead atoms. The first-order valence-corrected chi connectivity index (χ1v) is 9.66. The summed E-state index contributed by atoms with van der Waals surface area (Å²) in [6.45, 7) is 4.41. The number of hydrogen-bond donors (Lipinski definition) is 3. The quantitative estimate of drug-likeness (QED) is 0.555. The number of benzene rings is 2. The van der Waals surface area contributed by atoms with Crippen LogP contribution in [0.1, 0.15) is 30.6 Å². The summed E-state index contributed by atoms with van der Waals surface area (Å²) in [7, 11) is 1.54. The maximum atomic E-state index is 12.4. The van der Waals surface area contributed by atoms with Crippen molar-refractivity contribution in [3.63, 3.8) is 0 Å². The predicted molar refractivity (Wildman–Crippen MR) is 117 cm³/mol. The van der Waals surface area contributed by atoms with Crippen LogP contribution in [0, 0.1) is 0 Å². The molecule has 0 aliphatic rings. The zero-order chi connectivity index (χ0) is 22.1. The van der Waals surface area contributed by atoms with Crippen LogP contribution in [0.25, 0.3) is 0 Å². The number of anilines is 2. The van der Waals surface area contributed by atoms with Crippen molar-refractivity contribution in [2.75, 3.05) is 30.8 Å². The normalized spacial score (nSPS) is 10.7. The Bertz CT molecular complexity index is 881. The summed E-state index contributed by atoms with van der Waals surface area (Å²) in [5.41, 5.74) is 6.85. The number of carbonyl (C=O) groups excluding carboxylic acids is 3. The van der Waals surface area contributed by atoms with Crippen LogP contribution in [-0.4, -0.2) is 48.9 Å². The monoisotopic (exact) mass is 412 g/mol. The Labute approximate surface area is 176 Å². The van der Waals surface area contributed by atoms with Crippen LogP contribution < -0.4 is 21.1 Å². The van der Waals surface area contributed by atoms with Crippen LogP contribution >= 0.6 is 0 Å². The number of nitrogens with one attached hydrogen (secondary N) is 2. The van der Waals surface area contributed by atoms with E-state index in [1.807, 2.05) is 24.8 Å². The summed E-state index contributed by atoms with van der Waals surface area (Å²) >= 11 is 0. The van der Waals surface area contributed by atoms with E-state index in [2.05, 4.69) is 10.6 Å². The van der Waals surface area contributed by atoms with Gasteiger partial charge in [-0.3, -0.25) is 19.3 Å². The number of nitrogens with zero attached hydrogens (tertiary/aromatic N) is 1. The summed E-state index contributed by atoms with van der Waals surface area (Å²) in [6.07, 6.45) is 0.224. The van der Waals surface area contributed by atoms with Gasteiger partial charge in [-0.1, -0.05) is 12.1 Å². The highest BCUT2D eigenvalue weighted by Gasteiger charge is 2.14. The van der Waals surface area contributed by atoms with Crippen LogP contribution in [0.15, 0.2) is 48.5 Å². The molecule has 0 aliphatic heterocycles. The Morgan fingerprint density at radius 1 is 1.03 bits per heavy atom. The minimum Gasteiger partial charge on any atom is -0.495 e. The molecular formula is C22H28N4O4. The lowest BCUT2D eigenvalue weighted by atomic mass is 10.1. The Morgan fingerprint density at radius 2 is 1.70 bits per heavy atom. The van der Waals surface area contributed by atoms with Gasteiger partial charge in [0.1, 0.15) is 5.75 Å². The van der Waals surface area contributed by atoms with E-state index in [0.29, 0.717) is 29.2 Å². The van der Waals surface area contributed by atoms with Crippen LogP contribution in [0.3, 0.4) is 0 Å². The molecule has 0 aromatic heterocycles. The van der Waals surface area contributed by atoms with Gasteiger partial charge in [0, 0.05) is 30.3 Å². The number of amides is 3. The molecule has 8 heteroatoms. The lowest BCUT2D eigenvalue weighted by Crippen LogP contribution is -2.40. The van der Waals surface area contributed by atoms with Crippen LogP contribution in [0.5, 0.6) is 5.75 Å². The van der Waals surface area contributed by atoms with Crippen molar-refractivity contribution in [1.82, 2.24) is 4.90 Å². The Kier molecular flexibility index (Phi) is 8.37. The highest BCUT2D eigenvalue weighted by molar-refractivity contribution is 6.05. The summed E-state index contributed by atoms with van der Waals surface area (Å²) in [5, 5.41) is 5.59. The molecule has 0 unspecified atom stereocenters. The average Bonchev–Trinajstić information content (AvgIpc) is 2.71. The van der Waals surface area contributed by atoms with Gasteiger partial charge in [0.25, 0.3) is 5.91 Å². The fraction of sp³-hybridized carbons (Fsp3) is 0.318. The molecule has 8 nitrogen and oxygen atoms in total. The third kappa shape index (κ3) is 6.89. The smallest absolute Gasteiger partial charge is 0.255 e. The summed E-state index contributed by atoms with van der Waals surface area (Å²) in [5.74, 6) is -0.319. The lowest BCUT2D eigenvalue weighted by Gasteiger charge is -2.24. The van der Waals surface area contributed by atoms with E-state index in [9.17, 15) is 14.4 Å². The topological polar surface area (TPSA) is 114 Å². The van der Waals surface area contributed by atoms with Gasteiger partial charge in [-0.15, -0.1) is 0 Å². The number of rotatable bonds is 10. The molecule has 2 rings (SSSR count). The molecule has 0 fully saturated rings. The number of para-hydroxylation sites is 2. The number of methoxy groups -OCH3 is 1.